The van der Waals surface area contributed by atoms with Gasteiger partial charge in [0.1, 0.15) is 18.1 Å². The number of hydrogen-bond donors (Lipinski definition) is 0. The second-order valence-electron chi connectivity index (χ2n) is 5.58. The summed E-state index contributed by atoms with van der Waals surface area (Å²) in [6, 6.07) is 8.89. The van der Waals surface area contributed by atoms with Crippen LogP contribution in [0.2, 0.25) is 0 Å². The zero-order chi connectivity index (χ0) is 19.3. The van der Waals surface area contributed by atoms with Crippen molar-refractivity contribution in [2.45, 2.75) is 33.1 Å². The van der Waals surface area contributed by atoms with E-state index in [1.807, 2.05) is 0 Å². The number of aryl methyl sites for hydroxylation is 2. The van der Waals surface area contributed by atoms with Gasteiger partial charge in [-0.25, -0.2) is 4.79 Å². The summed E-state index contributed by atoms with van der Waals surface area (Å²) in [4.78, 5) is 11.3. The molecule has 0 saturated heterocycles. The minimum absolute atomic E-state index is 0.162. The number of carbonyl (C=O) groups is 1. The summed E-state index contributed by atoms with van der Waals surface area (Å²) in [5.41, 5.74) is 0.920. The average Bonchev–Trinajstić information content (AvgIpc) is 2.59. The lowest BCUT2D eigenvalue weighted by Crippen LogP contribution is -2.12. The number of ether oxygens (including phenoxy) is 3. The Morgan fingerprint density at radius 1 is 1.08 bits per heavy atom. The number of para-hydroxylation sites is 1. The summed E-state index contributed by atoms with van der Waals surface area (Å²) < 4.78 is 54.9. The number of halogens is 3. The Labute approximate surface area is 149 Å². The molecule has 0 aliphatic heterocycles. The number of benzene rings is 2. The molecule has 2 aromatic carbocycles. The van der Waals surface area contributed by atoms with Crippen molar-refractivity contribution in [3.05, 3.63) is 58.7 Å². The predicted molar refractivity (Wildman–Crippen MR) is 89.4 cm³/mol. The van der Waals surface area contributed by atoms with Gasteiger partial charge in [-0.15, -0.1) is 0 Å². The van der Waals surface area contributed by atoms with Gasteiger partial charge in [0.25, 0.3) is 0 Å². The Kier molecular flexibility index (Phi) is 6.13. The van der Waals surface area contributed by atoms with Crippen LogP contribution in [0, 0.1) is 6.92 Å². The van der Waals surface area contributed by atoms with Gasteiger partial charge in [-0.3, -0.25) is 0 Å². The summed E-state index contributed by atoms with van der Waals surface area (Å²) >= 11 is 0. The maximum absolute atomic E-state index is 13.4. The summed E-state index contributed by atoms with van der Waals surface area (Å²) in [5, 5.41) is 0. The third-order valence-corrected chi connectivity index (χ3v) is 3.84. The highest BCUT2D eigenvalue weighted by atomic mass is 19.4. The van der Waals surface area contributed by atoms with Crippen LogP contribution in [0.25, 0.3) is 0 Å². The first-order chi connectivity index (χ1) is 12.3. The van der Waals surface area contributed by atoms with Crippen molar-refractivity contribution < 1.29 is 32.2 Å². The van der Waals surface area contributed by atoms with E-state index >= 15 is 0 Å². The van der Waals surface area contributed by atoms with E-state index in [-0.39, 0.29) is 18.1 Å². The maximum atomic E-state index is 13.4. The number of carbonyl (C=O) groups excluding carboxylic acids is 1. The summed E-state index contributed by atoms with van der Waals surface area (Å²) in [5.74, 6) is -0.102. The molecule has 0 unspecified atom stereocenters. The molecule has 26 heavy (non-hydrogen) atoms. The van der Waals surface area contributed by atoms with Gasteiger partial charge in [0.15, 0.2) is 0 Å². The highest BCUT2D eigenvalue weighted by molar-refractivity contribution is 5.64. The summed E-state index contributed by atoms with van der Waals surface area (Å²) in [6.45, 7) is 3.34. The molecule has 0 N–H and O–H groups in total. The van der Waals surface area contributed by atoms with E-state index in [2.05, 4.69) is 4.74 Å². The Morgan fingerprint density at radius 2 is 1.77 bits per heavy atom. The highest BCUT2D eigenvalue weighted by Crippen LogP contribution is 2.38. The molecule has 0 spiro atoms. The lowest BCUT2D eigenvalue weighted by molar-refractivity contribution is -0.139. The van der Waals surface area contributed by atoms with E-state index < -0.39 is 17.9 Å². The first-order valence-corrected chi connectivity index (χ1v) is 7.93. The first-order valence-electron chi connectivity index (χ1n) is 7.93. The summed E-state index contributed by atoms with van der Waals surface area (Å²) in [7, 11) is 1.16. The molecule has 2 rings (SSSR count). The molecule has 0 aromatic heterocycles. The third-order valence-electron chi connectivity index (χ3n) is 3.84. The number of methoxy groups -OCH3 is 1. The van der Waals surface area contributed by atoms with Crippen LogP contribution < -0.4 is 9.47 Å². The molecule has 4 nitrogen and oxygen atoms in total. The Balaban J connectivity index is 2.30. The van der Waals surface area contributed by atoms with Gasteiger partial charge in [-0.05, 0) is 42.7 Å². The second-order valence-corrected chi connectivity index (χ2v) is 5.58. The lowest BCUT2D eigenvalue weighted by Gasteiger charge is -2.17. The maximum Gasteiger partial charge on any atom is 0.513 e. The standard InChI is InChI=1S/C19H19F3O4/c1-4-13-10-15(19(20,21)22)17(9-12(13)2)25-11-14-7-5-6-8-16(14)26-18(23)24-3/h5-10H,4,11H2,1-3H3. The van der Waals surface area contributed by atoms with Crippen molar-refractivity contribution in [2.75, 3.05) is 7.11 Å². The van der Waals surface area contributed by atoms with E-state index in [9.17, 15) is 18.0 Å². The van der Waals surface area contributed by atoms with Crippen LogP contribution in [-0.4, -0.2) is 13.3 Å². The van der Waals surface area contributed by atoms with Crippen molar-refractivity contribution in [3.8, 4) is 11.5 Å². The number of hydrogen-bond acceptors (Lipinski definition) is 4. The van der Waals surface area contributed by atoms with Crippen molar-refractivity contribution in [3.63, 3.8) is 0 Å². The zero-order valence-corrected chi connectivity index (χ0v) is 14.6. The molecule has 0 fully saturated rings. The van der Waals surface area contributed by atoms with Crippen molar-refractivity contribution in [1.29, 1.82) is 0 Å². The van der Waals surface area contributed by atoms with Crippen molar-refractivity contribution >= 4 is 6.16 Å². The fraction of sp³-hybridized carbons (Fsp3) is 0.316. The quantitative estimate of drug-likeness (QED) is 0.531. The number of rotatable bonds is 5. The Bertz CT molecular complexity index is 785. The predicted octanol–water partition coefficient (Wildman–Crippen LogP) is 5.30. The third kappa shape index (κ3) is 4.68. The van der Waals surface area contributed by atoms with Crippen LogP contribution in [0.5, 0.6) is 11.5 Å². The van der Waals surface area contributed by atoms with E-state index in [0.29, 0.717) is 17.5 Å². The molecule has 7 heteroatoms. The smallest absolute Gasteiger partial charge is 0.488 e. The van der Waals surface area contributed by atoms with Crippen LogP contribution >= 0.6 is 0 Å². The van der Waals surface area contributed by atoms with Crippen LogP contribution in [-0.2, 0) is 23.9 Å². The fourth-order valence-corrected chi connectivity index (χ4v) is 2.46. The van der Waals surface area contributed by atoms with E-state index in [0.717, 1.165) is 18.7 Å². The minimum Gasteiger partial charge on any atom is -0.488 e. The van der Waals surface area contributed by atoms with Crippen LogP contribution in [0.4, 0.5) is 18.0 Å². The van der Waals surface area contributed by atoms with Gasteiger partial charge in [-0.1, -0.05) is 25.1 Å². The molecule has 0 amide bonds. The van der Waals surface area contributed by atoms with E-state index in [1.165, 1.54) is 12.1 Å². The normalized spacial score (nSPS) is 11.2. The van der Waals surface area contributed by atoms with Crippen LogP contribution in [0.15, 0.2) is 36.4 Å². The minimum atomic E-state index is -4.53. The largest absolute Gasteiger partial charge is 0.513 e. The van der Waals surface area contributed by atoms with E-state index in [1.54, 1.807) is 32.0 Å². The zero-order valence-electron chi connectivity index (χ0n) is 14.6. The topological polar surface area (TPSA) is 44.8 Å². The first kappa shape index (κ1) is 19.6. The van der Waals surface area contributed by atoms with Gasteiger partial charge >= 0.3 is 12.3 Å². The van der Waals surface area contributed by atoms with Crippen molar-refractivity contribution in [2.24, 2.45) is 0 Å². The molecule has 0 atom stereocenters. The average molecular weight is 368 g/mol. The Morgan fingerprint density at radius 3 is 2.38 bits per heavy atom. The SMILES string of the molecule is CCc1cc(C(F)(F)F)c(OCc2ccccc2OC(=O)OC)cc1C. The van der Waals surface area contributed by atoms with E-state index in [4.69, 9.17) is 9.47 Å². The molecular formula is C19H19F3O4. The fourth-order valence-electron chi connectivity index (χ4n) is 2.46. The summed E-state index contributed by atoms with van der Waals surface area (Å²) in [6.07, 6.45) is -4.96. The lowest BCUT2D eigenvalue weighted by atomic mass is 10.0. The van der Waals surface area contributed by atoms with Gasteiger partial charge in [0.2, 0.25) is 0 Å². The number of alkyl halides is 3. The van der Waals surface area contributed by atoms with Crippen LogP contribution in [0.3, 0.4) is 0 Å². The molecule has 0 saturated carbocycles. The van der Waals surface area contributed by atoms with Gasteiger partial charge in [-0.2, -0.15) is 13.2 Å². The van der Waals surface area contributed by atoms with Gasteiger partial charge in [0, 0.05) is 5.56 Å². The second kappa shape index (κ2) is 8.12. The molecule has 0 heterocycles. The molecule has 2 aromatic rings. The monoisotopic (exact) mass is 368 g/mol. The van der Waals surface area contributed by atoms with Gasteiger partial charge < -0.3 is 14.2 Å². The molecule has 0 aliphatic rings. The van der Waals surface area contributed by atoms with Crippen LogP contribution in [0.1, 0.15) is 29.2 Å². The molecular weight excluding hydrogens is 349 g/mol. The molecule has 0 radical (unpaired) electrons. The Hall–Kier alpha value is -2.70. The molecule has 0 bridgehead atoms. The molecule has 0 aliphatic carbocycles. The van der Waals surface area contributed by atoms with Gasteiger partial charge in [0.05, 0.1) is 12.7 Å². The highest BCUT2D eigenvalue weighted by Gasteiger charge is 2.35. The molecule has 140 valence electrons. The van der Waals surface area contributed by atoms with Crippen molar-refractivity contribution in [1.82, 2.24) is 0 Å².